The van der Waals surface area contributed by atoms with E-state index in [0.717, 1.165) is 37.9 Å². The summed E-state index contributed by atoms with van der Waals surface area (Å²) in [5, 5.41) is 5.87. The minimum Gasteiger partial charge on any atom is -0.493 e. The van der Waals surface area contributed by atoms with Crippen molar-refractivity contribution in [3.63, 3.8) is 0 Å². The van der Waals surface area contributed by atoms with Crippen LogP contribution < -0.4 is 14.5 Å². The first-order valence-electron chi connectivity index (χ1n) is 9.32. The molecule has 1 aliphatic rings. The van der Waals surface area contributed by atoms with Gasteiger partial charge in [-0.25, -0.2) is 0 Å². The Kier molecular flexibility index (Phi) is 7.34. The van der Waals surface area contributed by atoms with Crippen LogP contribution in [0.3, 0.4) is 0 Å². The number of methoxy groups -OCH3 is 1. The lowest BCUT2D eigenvalue weighted by Crippen LogP contribution is -2.21. The number of nitrogens with zero attached hydrogens (tertiary/aromatic N) is 2. The van der Waals surface area contributed by atoms with Crippen molar-refractivity contribution in [2.24, 2.45) is 5.10 Å². The largest absolute Gasteiger partial charge is 0.493 e. The second-order valence-corrected chi connectivity index (χ2v) is 8.65. The Morgan fingerprint density at radius 1 is 1.24 bits per heavy atom. The van der Waals surface area contributed by atoms with Crippen LogP contribution in [-0.2, 0) is 4.79 Å². The number of carbonyl (C=O) groups is 1. The summed E-state index contributed by atoms with van der Waals surface area (Å²) in [6.45, 7) is 4.61. The van der Waals surface area contributed by atoms with Gasteiger partial charge in [-0.3, -0.25) is 4.79 Å². The molecule has 0 radical (unpaired) electrons. The number of ether oxygens (including phenoxy) is 2. The highest BCUT2D eigenvalue weighted by atomic mass is 127. The zero-order valence-corrected chi connectivity index (χ0v) is 20.3. The van der Waals surface area contributed by atoms with Gasteiger partial charge in [0.15, 0.2) is 11.5 Å². The van der Waals surface area contributed by atoms with E-state index in [4.69, 9.17) is 9.47 Å². The van der Waals surface area contributed by atoms with Crippen molar-refractivity contribution >= 4 is 61.9 Å². The van der Waals surface area contributed by atoms with Crippen LogP contribution >= 0.6 is 38.5 Å². The molecule has 0 spiro atoms. The van der Waals surface area contributed by atoms with Gasteiger partial charge in [0.1, 0.15) is 0 Å². The molecule has 0 fully saturated rings. The van der Waals surface area contributed by atoms with Crippen molar-refractivity contribution in [3.05, 3.63) is 55.6 Å². The second kappa shape index (κ2) is 9.75. The van der Waals surface area contributed by atoms with Gasteiger partial charge in [-0.1, -0.05) is 29.3 Å². The van der Waals surface area contributed by atoms with E-state index >= 15 is 0 Å². The fourth-order valence-electron chi connectivity index (χ4n) is 2.89. The number of benzene rings is 2. The molecule has 2 aromatic rings. The molecule has 0 unspecified atom stereocenters. The summed E-state index contributed by atoms with van der Waals surface area (Å²) in [4.78, 5) is 13.0. The van der Waals surface area contributed by atoms with Crippen molar-refractivity contribution in [1.82, 2.24) is 0 Å². The second-order valence-electron chi connectivity index (χ2n) is 6.57. The number of anilines is 1. The van der Waals surface area contributed by atoms with Gasteiger partial charge in [0.2, 0.25) is 0 Å². The number of hydrogen-bond donors (Lipinski definition) is 0. The van der Waals surface area contributed by atoms with E-state index in [1.54, 1.807) is 7.11 Å². The summed E-state index contributed by atoms with van der Waals surface area (Å²) in [7, 11) is 1.62. The molecule has 29 heavy (non-hydrogen) atoms. The molecule has 1 amide bonds. The lowest BCUT2D eigenvalue weighted by atomic mass is 10.1. The highest BCUT2D eigenvalue weighted by Gasteiger charge is 2.28. The van der Waals surface area contributed by atoms with Crippen LogP contribution in [0.1, 0.15) is 32.3 Å². The summed E-state index contributed by atoms with van der Waals surface area (Å²) in [5.74, 6) is 1.25. The SMILES string of the molecule is CCCCOc1c(I)cc(/C=C2/C(=O)N(c3ccc(Br)cc3)N=C2C)cc1OC. The molecule has 1 aliphatic heterocycles. The van der Waals surface area contributed by atoms with Gasteiger partial charge in [0.05, 0.1) is 34.3 Å². The number of amides is 1. The average Bonchev–Trinajstić information content (AvgIpc) is 2.98. The molecule has 0 saturated heterocycles. The van der Waals surface area contributed by atoms with Crippen LogP contribution in [0.5, 0.6) is 11.5 Å². The van der Waals surface area contributed by atoms with Crippen molar-refractivity contribution in [1.29, 1.82) is 0 Å². The van der Waals surface area contributed by atoms with E-state index < -0.39 is 0 Å². The molecule has 5 nitrogen and oxygen atoms in total. The minimum atomic E-state index is -0.151. The molecule has 0 saturated carbocycles. The van der Waals surface area contributed by atoms with Crippen LogP contribution in [0.2, 0.25) is 0 Å². The normalized spacial score (nSPS) is 15.1. The maximum absolute atomic E-state index is 13.0. The highest BCUT2D eigenvalue weighted by Crippen LogP contribution is 2.35. The van der Waals surface area contributed by atoms with Crippen LogP contribution in [0.25, 0.3) is 6.08 Å². The van der Waals surface area contributed by atoms with Gasteiger partial charge in [0.25, 0.3) is 5.91 Å². The maximum atomic E-state index is 13.0. The summed E-state index contributed by atoms with van der Waals surface area (Å²) in [6, 6.07) is 11.4. The lowest BCUT2D eigenvalue weighted by Gasteiger charge is -2.14. The van der Waals surface area contributed by atoms with Gasteiger partial charge < -0.3 is 9.47 Å². The van der Waals surface area contributed by atoms with E-state index in [2.05, 4.69) is 50.5 Å². The average molecular weight is 569 g/mol. The van der Waals surface area contributed by atoms with Crippen molar-refractivity contribution in [2.75, 3.05) is 18.7 Å². The Morgan fingerprint density at radius 3 is 2.62 bits per heavy atom. The van der Waals surface area contributed by atoms with E-state index in [1.807, 2.05) is 49.4 Å². The smallest absolute Gasteiger partial charge is 0.280 e. The molecular formula is C22H22BrIN2O3. The Hall–Kier alpha value is -1.87. The standard InChI is InChI=1S/C22H22BrIN2O3/c1-4-5-10-29-21-19(24)12-15(13-20(21)28-3)11-18-14(2)25-26(22(18)27)17-8-6-16(23)7-9-17/h6-9,11-13H,4-5,10H2,1-3H3/b18-11+. The third-order valence-corrected chi connectivity index (χ3v) is 5.77. The zero-order chi connectivity index (χ0) is 21.0. The molecule has 0 N–H and O–H groups in total. The van der Waals surface area contributed by atoms with Gasteiger partial charge in [-0.05, 0) is 84.0 Å². The molecule has 1 heterocycles. The number of hydrogen-bond acceptors (Lipinski definition) is 4. The minimum absolute atomic E-state index is 0.151. The highest BCUT2D eigenvalue weighted by molar-refractivity contribution is 14.1. The molecule has 0 atom stereocenters. The zero-order valence-electron chi connectivity index (χ0n) is 16.5. The van der Waals surface area contributed by atoms with Crippen molar-refractivity contribution < 1.29 is 14.3 Å². The van der Waals surface area contributed by atoms with E-state index in [1.165, 1.54) is 5.01 Å². The van der Waals surface area contributed by atoms with E-state index in [-0.39, 0.29) is 5.91 Å². The molecule has 0 aliphatic carbocycles. The Labute approximate surface area is 193 Å². The van der Waals surface area contributed by atoms with Crippen LogP contribution in [0.4, 0.5) is 5.69 Å². The third-order valence-electron chi connectivity index (χ3n) is 4.44. The Balaban J connectivity index is 1.89. The van der Waals surface area contributed by atoms with Gasteiger partial charge in [0, 0.05) is 4.47 Å². The van der Waals surface area contributed by atoms with Crippen molar-refractivity contribution in [2.45, 2.75) is 26.7 Å². The van der Waals surface area contributed by atoms with Crippen LogP contribution in [0, 0.1) is 3.57 Å². The fraction of sp³-hybridized carbons (Fsp3) is 0.273. The maximum Gasteiger partial charge on any atom is 0.280 e. The van der Waals surface area contributed by atoms with Gasteiger partial charge in [-0.2, -0.15) is 10.1 Å². The molecule has 3 rings (SSSR count). The summed E-state index contributed by atoms with van der Waals surface area (Å²) in [5.41, 5.74) is 2.83. The topological polar surface area (TPSA) is 51.1 Å². The Morgan fingerprint density at radius 2 is 1.97 bits per heavy atom. The molecular weight excluding hydrogens is 547 g/mol. The molecule has 0 bridgehead atoms. The van der Waals surface area contributed by atoms with Crippen LogP contribution in [0.15, 0.2) is 51.5 Å². The Bertz CT molecular complexity index is 971. The fourth-order valence-corrected chi connectivity index (χ4v) is 3.94. The molecule has 152 valence electrons. The van der Waals surface area contributed by atoms with Gasteiger partial charge >= 0.3 is 0 Å². The number of unbranched alkanes of at least 4 members (excludes halogenated alkanes) is 1. The third kappa shape index (κ3) is 5.01. The molecule has 0 aromatic heterocycles. The molecule has 7 heteroatoms. The summed E-state index contributed by atoms with van der Waals surface area (Å²) >= 11 is 5.65. The van der Waals surface area contributed by atoms with Gasteiger partial charge in [-0.15, -0.1) is 0 Å². The van der Waals surface area contributed by atoms with Crippen molar-refractivity contribution in [3.8, 4) is 11.5 Å². The first-order chi connectivity index (χ1) is 13.9. The first-order valence-corrected chi connectivity index (χ1v) is 11.2. The number of carbonyl (C=O) groups excluding carboxylic acids is 1. The molecule has 2 aromatic carbocycles. The summed E-state index contributed by atoms with van der Waals surface area (Å²) in [6.07, 6.45) is 3.90. The van der Waals surface area contributed by atoms with E-state index in [0.29, 0.717) is 23.6 Å². The first kappa shape index (κ1) is 21.8. The number of hydrazone groups is 1. The summed E-state index contributed by atoms with van der Waals surface area (Å²) < 4.78 is 13.3. The lowest BCUT2D eigenvalue weighted by molar-refractivity contribution is -0.114. The monoisotopic (exact) mass is 568 g/mol. The quantitative estimate of drug-likeness (QED) is 0.232. The number of rotatable bonds is 7. The number of halogens is 2. The predicted octanol–water partition coefficient (Wildman–Crippen LogP) is 6.05. The predicted molar refractivity (Wildman–Crippen MR) is 129 cm³/mol. The van der Waals surface area contributed by atoms with E-state index in [9.17, 15) is 4.79 Å². The van der Waals surface area contributed by atoms with Crippen LogP contribution in [-0.4, -0.2) is 25.3 Å².